The van der Waals surface area contributed by atoms with E-state index in [2.05, 4.69) is 45.5 Å². The van der Waals surface area contributed by atoms with E-state index in [1.807, 2.05) is 0 Å². The molecule has 0 saturated carbocycles. The summed E-state index contributed by atoms with van der Waals surface area (Å²) in [7, 11) is 1.79. The Morgan fingerprint density at radius 3 is 3.12 bits per heavy atom. The maximum atomic E-state index is 5.25. The molecule has 1 fully saturated rings. The Morgan fingerprint density at radius 2 is 2.38 bits per heavy atom. The van der Waals surface area contributed by atoms with Crippen molar-refractivity contribution in [1.82, 2.24) is 5.32 Å². The van der Waals surface area contributed by atoms with E-state index in [4.69, 9.17) is 4.74 Å². The first kappa shape index (κ1) is 12.1. The minimum atomic E-state index is 0.478. The third-order valence-corrected chi connectivity index (χ3v) is 3.66. The van der Waals surface area contributed by atoms with Crippen molar-refractivity contribution in [1.29, 1.82) is 0 Å². The Kier molecular flexibility index (Phi) is 4.38. The number of hydrogen-bond acceptors (Lipinski definition) is 2. The number of piperidine rings is 1. The van der Waals surface area contributed by atoms with Gasteiger partial charge in [-0.15, -0.1) is 0 Å². The summed E-state index contributed by atoms with van der Waals surface area (Å²) in [5.74, 6) is 0.690. The zero-order valence-electron chi connectivity index (χ0n) is 9.58. The van der Waals surface area contributed by atoms with Gasteiger partial charge >= 0.3 is 0 Å². The van der Waals surface area contributed by atoms with E-state index in [1.165, 1.54) is 18.4 Å². The molecule has 1 aromatic rings. The standard InChI is InChI=1S/C13H18BrNO/c1-16-9-10-5-6-15-13(7-10)11-3-2-4-12(14)8-11/h2-4,8,10,13,15H,5-7,9H2,1H3. The van der Waals surface area contributed by atoms with Gasteiger partial charge in [0.1, 0.15) is 0 Å². The van der Waals surface area contributed by atoms with Gasteiger partial charge in [-0.25, -0.2) is 0 Å². The molecular formula is C13H18BrNO. The van der Waals surface area contributed by atoms with E-state index < -0.39 is 0 Å². The highest BCUT2D eigenvalue weighted by Crippen LogP contribution is 2.28. The van der Waals surface area contributed by atoms with Crippen molar-refractivity contribution < 1.29 is 4.74 Å². The molecule has 0 bridgehead atoms. The Balaban J connectivity index is 2.03. The summed E-state index contributed by atoms with van der Waals surface area (Å²) in [6, 6.07) is 9.04. The summed E-state index contributed by atoms with van der Waals surface area (Å²) in [6.07, 6.45) is 2.39. The van der Waals surface area contributed by atoms with Gasteiger partial charge in [-0.3, -0.25) is 0 Å². The Bertz CT molecular complexity index is 340. The Morgan fingerprint density at radius 1 is 1.50 bits per heavy atom. The fourth-order valence-corrected chi connectivity index (χ4v) is 2.78. The summed E-state index contributed by atoms with van der Waals surface area (Å²) >= 11 is 3.52. The number of benzene rings is 1. The number of halogens is 1. The molecule has 2 rings (SSSR count). The van der Waals surface area contributed by atoms with Crippen LogP contribution in [0.15, 0.2) is 28.7 Å². The normalized spacial score (nSPS) is 25.6. The van der Waals surface area contributed by atoms with Crippen molar-refractivity contribution in [3.05, 3.63) is 34.3 Å². The first-order valence-corrected chi connectivity index (χ1v) is 6.56. The van der Waals surface area contributed by atoms with E-state index in [0.29, 0.717) is 12.0 Å². The molecule has 16 heavy (non-hydrogen) atoms. The van der Waals surface area contributed by atoms with E-state index >= 15 is 0 Å². The van der Waals surface area contributed by atoms with Crippen LogP contribution in [0.3, 0.4) is 0 Å². The minimum absolute atomic E-state index is 0.478. The lowest BCUT2D eigenvalue weighted by atomic mass is 9.89. The maximum Gasteiger partial charge on any atom is 0.0491 e. The number of nitrogens with one attached hydrogen (secondary N) is 1. The van der Waals surface area contributed by atoms with E-state index in [9.17, 15) is 0 Å². The zero-order valence-corrected chi connectivity index (χ0v) is 11.2. The highest BCUT2D eigenvalue weighted by atomic mass is 79.9. The summed E-state index contributed by atoms with van der Waals surface area (Å²) in [6.45, 7) is 1.97. The average Bonchev–Trinajstić information content (AvgIpc) is 2.30. The van der Waals surface area contributed by atoms with Gasteiger partial charge in [-0.2, -0.15) is 0 Å². The smallest absolute Gasteiger partial charge is 0.0491 e. The highest BCUT2D eigenvalue weighted by molar-refractivity contribution is 9.10. The van der Waals surface area contributed by atoms with Crippen LogP contribution in [0.2, 0.25) is 0 Å². The molecule has 2 atom stereocenters. The van der Waals surface area contributed by atoms with E-state index in [0.717, 1.165) is 17.6 Å². The minimum Gasteiger partial charge on any atom is -0.384 e. The molecule has 0 radical (unpaired) electrons. The van der Waals surface area contributed by atoms with Gasteiger partial charge in [-0.05, 0) is 43.0 Å². The predicted molar refractivity (Wildman–Crippen MR) is 69.5 cm³/mol. The average molecular weight is 284 g/mol. The number of hydrogen-bond donors (Lipinski definition) is 1. The lowest BCUT2D eigenvalue weighted by Gasteiger charge is -2.30. The molecule has 2 nitrogen and oxygen atoms in total. The molecule has 0 spiro atoms. The molecule has 3 heteroatoms. The lowest BCUT2D eigenvalue weighted by Crippen LogP contribution is -2.33. The van der Waals surface area contributed by atoms with Gasteiger partial charge in [-0.1, -0.05) is 28.1 Å². The van der Waals surface area contributed by atoms with Crippen LogP contribution in [0.25, 0.3) is 0 Å². The van der Waals surface area contributed by atoms with Crippen LogP contribution in [-0.2, 0) is 4.74 Å². The Hall–Kier alpha value is -0.380. The molecular weight excluding hydrogens is 266 g/mol. The van der Waals surface area contributed by atoms with Crippen LogP contribution in [0.5, 0.6) is 0 Å². The molecule has 1 N–H and O–H groups in total. The summed E-state index contributed by atoms with van der Waals surface area (Å²) in [5.41, 5.74) is 1.37. The second kappa shape index (κ2) is 5.80. The molecule has 1 aromatic carbocycles. The number of methoxy groups -OCH3 is 1. The zero-order chi connectivity index (χ0) is 11.4. The molecule has 0 aliphatic carbocycles. The van der Waals surface area contributed by atoms with Crippen molar-refractivity contribution in [2.24, 2.45) is 5.92 Å². The number of rotatable bonds is 3. The van der Waals surface area contributed by atoms with Crippen LogP contribution < -0.4 is 5.32 Å². The van der Waals surface area contributed by atoms with Gasteiger partial charge in [0.25, 0.3) is 0 Å². The predicted octanol–water partition coefficient (Wildman–Crippen LogP) is 3.14. The second-order valence-electron chi connectivity index (χ2n) is 4.41. The van der Waals surface area contributed by atoms with Crippen molar-refractivity contribution in [3.63, 3.8) is 0 Å². The highest BCUT2D eigenvalue weighted by Gasteiger charge is 2.22. The molecule has 1 saturated heterocycles. The van der Waals surface area contributed by atoms with Gasteiger partial charge in [0.15, 0.2) is 0 Å². The van der Waals surface area contributed by atoms with Crippen LogP contribution in [0.1, 0.15) is 24.4 Å². The first-order valence-electron chi connectivity index (χ1n) is 5.77. The molecule has 1 heterocycles. The molecule has 0 amide bonds. The van der Waals surface area contributed by atoms with Crippen LogP contribution >= 0.6 is 15.9 Å². The maximum absolute atomic E-state index is 5.25. The first-order chi connectivity index (χ1) is 7.79. The molecule has 1 aliphatic heterocycles. The van der Waals surface area contributed by atoms with Crippen LogP contribution in [0.4, 0.5) is 0 Å². The Labute approximate surface area is 106 Å². The second-order valence-corrected chi connectivity index (χ2v) is 5.32. The van der Waals surface area contributed by atoms with Crippen LogP contribution in [-0.4, -0.2) is 20.3 Å². The fraction of sp³-hybridized carbons (Fsp3) is 0.538. The third-order valence-electron chi connectivity index (χ3n) is 3.17. The topological polar surface area (TPSA) is 21.3 Å². The SMILES string of the molecule is COCC1CCNC(c2cccc(Br)c2)C1. The van der Waals surface area contributed by atoms with Crippen molar-refractivity contribution in [3.8, 4) is 0 Å². The fourth-order valence-electron chi connectivity index (χ4n) is 2.36. The van der Waals surface area contributed by atoms with Gasteiger partial charge in [0.05, 0.1) is 0 Å². The van der Waals surface area contributed by atoms with Crippen molar-refractivity contribution in [2.75, 3.05) is 20.3 Å². The van der Waals surface area contributed by atoms with E-state index in [-0.39, 0.29) is 0 Å². The molecule has 88 valence electrons. The van der Waals surface area contributed by atoms with Gasteiger partial charge in [0.2, 0.25) is 0 Å². The molecule has 0 aromatic heterocycles. The third kappa shape index (κ3) is 3.06. The summed E-state index contributed by atoms with van der Waals surface area (Å²) < 4.78 is 6.41. The quantitative estimate of drug-likeness (QED) is 0.920. The van der Waals surface area contributed by atoms with E-state index in [1.54, 1.807) is 7.11 Å². The van der Waals surface area contributed by atoms with Crippen LogP contribution in [0, 0.1) is 5.92 Å². The number of ether oxygens (including phenoxy) is 1. The lowest BCUT2D eigenvalue weighted by molar-refractivity contribution is 0.124. The summed E-state index contributed by atoms with van der Waals surface area (Å²) in [4.78, 5) is 0. The van der Waals surface area contributed by atoms with Crippen molar-refractivity contribution in [2.45, 2.75) is 18.9 Å². The monoisotopic (exact) mass is 283 g/mol. The summed E-state index contributed by atoms with van der Waals surface area (Å²) in [5, 5.41) is 3.57. The molecule has 2 unspecified atom stereocenters. The largest absolute Gasteiger partial charge is 0.384 e. The molecule has 1 aliphatic rings. The van der Waals surface area contributed by atoms with Gasteiger partial charge < -0.3 is 10.1 Å². The van der Waals surface area contributed by atoms with Gasteiger partial charge in [0, 0.05) is 24.2 Å². The van der Waals surface area contributed by atoms with Crippen molar-refractivity contribution >= 4 is 15.9 Å².